The van der Waals surface area contributed by atoms with Gasteiger partial charge in [0.25, 0.3) is 5.91 Å². The molecule has 2 saturated heterocycles. The molecule has 3 heterocycles. The zero-order valence-corrected chi connectivity index (χ0v) is 13.9. The maximum atomic E-state index is 12.9. The van der Waals surface area contributed by atoms with Gasteiger partial charge in [-0.25, -0.2) is 0 Å². The molecular formula is C16H23ClN2OS. The first kappa shape index (κ1) is 15.3. The second-order valence-corrected chi connectivity index (χ2v) is 7.49. The minimum Gasteiger partial charge on any atom is -0.331 e. The average molecular weight is 327 g/mol. The fourth-order valence-corrected chi connectivity index (χ4v) is 5.24. The van der Waals surface area contributed by atoms with Crippen LogP contribution in [-0.4, -0.2) is 36.0 Å². The molecule has 0 spiro atoms. The number of hydrogen-bond donors (Lipinski definition) is 1. The highest BCUT2D eigenvalue weighted by Crippen LogP contribution is 2.34. The van der Waals surface area contributed by atoms with E-state index in [9.17, 15) is 4.79 Å². The summed E-state index contributed by atoms with van der Waals surface area (Å²) in [5.41, 5.74) is 1.45. The predicted octanol–water partition coefficient (Wildman–Crippen LogP) is 3.02. The second kappa shape index (κ2) is 6.27. The van der Waals surface area contributed by atoms with Crippen LogP contribution in [0.15, 0.2) is 6.07 Å². The zero-order chi connectivity index (χ0) is 13.5. The van der Waals surface area contributed by atoms with E-state index in [1.54, 1.807) is 11.3 Å². The quantitative estimate of drug-likeness (QED) is 0.860. The first-order valence-electron chi connectivity index (χ1n) is 7.98. The fraction of sp³-hybridized carbons (Fsp3) is 0.688. The van der Waals surface area contributed by atoms with Crippen molar-refractivity contribution in [3.63, 3.8) is 0 Å². The van der Waals surface area contributed by atoms with Crippen LogP contribution in [0, 0.1) is 0 Å². The normalized spacial score (nSPS) is 27.7. The van der Waals surface area contributed by atoms with Gasteiger partial charge in [0, 0.05) is 23.5 Å². The zero-order valence-electron chi connectivity index (χ0n) is 12.3. The molecule has 1 aliphatic carbocycles. The lowest BCUT2D eigenvalue weighted by molar-refractivity contribution is 0.0685. The molecule has 0 saturated carbocycles. The van der Waals surface area contributed by atoms with Crippen molar-refractivity contribution >= 4 is 29.7 Å². The maximum absolute atomic E-state index is 12.9. The molecule has 1 aromatic rings. The van der Waals surface area contributed by atoms with E-state index in [-0.39, 0.29) is 12.4 Å². The molecule has 116 valence electrons. The minimum atomic E-state index is 0. The number of nitrogens with zero attached hydrogens (tertiary/aromatic N) is 1. The van der Waals surface area contributed by atoms with Crippen molar-refractivity contribution in [2.45, 2.75) is 57.0 Å². The Hall–Kier alpha value is -0.580. The summed E-state index contributed by atoms with van der Waals surface area (Å²) in [7, 11) is 0. The van der Waals surface area contributed by atoms with Crippen molar-refractivity contribution in [2.24, 2.45) is 0 Å². The van der Waals surface area contributed by atoms with E-state index < -0.39 is 0 Å². The van der Waals surface area contributed by atoms with E-state index in [4.69, 9.17) is 0 Å². The van der Waals surface area contributed by atoms with Crippen LogP contribution < -0.4 is 5.32 Å². The maximum Gasteiger partial charge on any atom is 0.264 e. The van der Waals surface area contributed by atoms with Crippen LogP contribution in [0.1, 0.15) is 52.2 Å². The van der Waals surface area contributed by atoms with Gasteiger partial charge in [-0.15, -0.1) is 23.7 Å². The number of carbonyl (C=O) groups is 1. The molecule has 2 bridgehead atoms. The second-order valence-electron chi connectivity index (χ2n) is 6.36. The first-order valence-corrected chi connectivity index (χ1v) is 8.79. The van der Waals surface area contributed by atoms with Gasteiger partial charge < -0.3 is 10.2 Å². The van der Waals surface area contributed by atoms with Crippen LogP contribution in [0.4, 0.5) is 0 Å². The summed E-state index contributed by atoms with van der Waals surface area (Å²) in [5.74, 6) is 0.306. The SMILES string of the molecule is Cl.O=C(c1cc2c(s1)CCCC2)N1C2CCNCC1CC2. The predicted molar refractivity (Wildman–Crippen MR) is 88.7 cm³/mol. The van der Waals surface area contributed by atoms with Crippen molar-refractivity contribution in [1.82, 2.24) is 10.2 Å². The van der Waals surface area contributed by atoms with E-state index in [0.29, 0.717) is 18.0 Å². The number of rotatable bonds is 1. The third-order valence-corrected chi connectivity index (χ3v) is 6.32. The number of hydrogen-bond acceptors (Lipinski definition) is 3. The van der Waals surface area contributed by atoms with Crippen LogP contribution in [-0.2, 0) is 12.8 Å². The Labute approximate surface area is 136 Å². The topological polar surface area (TPSA) is 32.3 Å². The number of nitrogens with one attached hydrogen (secondary N) is 1. The number of aryl methyl sites for hydroxylation is 2. The van der Waals surface area contributed by atoms with E-state index in [1.807, 2.05) is 0 Å². The van der Waals surface area contributed by atoms with Crippen LogP contribution in [0.3, 0.4) is 0 Å². The third-order valence-electron chi connectivity index (χ3n) is 5.10. The van der Waals surface area contributed by atoms with E-state index in [1.165, 1.54) is 49.0 Å². The summed E-state index contributed by atoms with van der Waals surface area (Å²) >= 11 is 1.76. The van der Waals surface area contributed by atoms with Gasteiger partial charge in [-0.2, -0.15) is 0 Å². The molecular weight excluding hydrogens is 304 g/mol. The molecule has 2 unspecified atom stereocenters. The number of carbonyl (C=O) groups excluding carboxylic acids is 1. The van der Waals surface area contributed by atoms with E-state index in [0.717, 1.165) is 24.4 Å². The lowest BCUT2D eigenvalue weighted by atomic mass is 9.99. The summed E-state index contributed by atoms with van der Waals surface area (Å²) in [5, 5.41) is 3.47. The van der Waals surface area contributed by atoms with Gasteiger partial charge in [0.1, 0.15) is 0 Å². The lowest BCUT2D eigenvalue weighted by Gasteiger charge is -2.27. The molecule has 5 heteroatoms. The van der Waals surface area contributed by atoms with Crippen molar-refractivity contribution in [2.75, 3.05) is 13.1 Å². The Bertz CT molecular complexity index is 493. The molecule has 0 radical (unpaired) electrons. The van der Waals surface area contributed by atoms with Gasteiger partial charge in [0.15, 0.2) is 0 Å². The molecule has 0 aromatic carbocycles. The van der Waals surface area contributed by atoms with Gasteiger partial charge in [0.2, 0.25) is 0 Å². The standard InChI is InChI=1S/C16H22N2OS.ClH/c19-16(15-9-11-3-1-2-4-14(11)20-15)18-12-5-6-13(18)10-17-8-7-12;/h9,12-13,17H,1-8,10H2;1H. The van der Waals surface area contributed by atoms with Gasteiger partial charge in [-0.05, 0) is 63.1 Å². The van der Waals surface area contributed by atoms with Gasteiger partial charge >= 0.3 is 0 Å². The number of fused-ring (bicyclic) bond motifs is 3. The van der Waals surface area contributed by atoms with Crippen molar-refractivity contribution < 1.29 is 4.79 Å². The van der Waals surface area contributed by atoms with Crippen LogP contribution >= 0.6 is 23.7 Å². The summed E-state index contributed by atoms with van der Waals surface area (Å²) in [6.45, 7) is 2.04. The fourth-order valence-electron chi connectivity index (χ4n) is 4.04. The number of amides is 1. The molecule has 21 heavy (non-hydrogen) atoms. The van der Waals surface area contributed by atoms with Gasteiger partial charge in [-0.1, -0.05) is 0 Å². The third kappa shape index (κ3) is 2.73. The van der Waals surface area contributed by atoms with Crippen LogP contribution in [0.2, 0.25) is 0 Å². The highest BCUT2D eigenvalue weighted by Gasteiger charge is 2.39. The molecule has 1 amide bonds. The largest absolute Gasteiger partial charge is 0.331 e. The average Bonchev–Trinajstić information content (AvgIpc) is 2.98. The molecule has 4 rings (SSSR count). The van der Waals surface area contributed by atoms with Crippen molar-refractivity contribution in [3.05, 3.63) is 21.4 Å². The minimum absolute atomic E-state index is 0. The number of halogens is 1. The molecule has 1 aromatic heterocycles. The highest BCUT2D eigenvalue weighted by molar-refractivity contribution is 7.14. The summed E-state index contributed by atoms with van der Waals surface area (Å²) < 4.78 is 0. The van der Waals surface area contributed by atoms with Crippen LogP contribution in [0.25, 0.3) is 0 Å². The first-order chi connectivity index (χ1) is 9.83. The summed E-state index contributed by atoms with van der Waals surface area (Å²) in [6.07, 6.45) is 8.43. The van der Waals surface area contributed by atoms with Crippen molar-refractivity contribution in [1.29, 1.82) is 0 Å². The van der Waals surface area contributed by atoms with E-state index >= 15 is 0 Å². The monoisotopic (exact) mass is 326 g/mol. The van der Waals surface area contributed by atoms with E-state index in [2.05, 4.69) is 16.3 Å². The molecule has 3 nitrogen and oxygen atoms in total. The molecule has 2 atom stereocenters. The summed E-state index contributed by atoms with van der Waals surface area (Å²) in [4.78, 5) is 17.6. The Kier molecular flexibility index (Phi) is 4.57. The molecule has 3 aliphatic rings. The molecule has 2 aliphatic heterocycles. The van der Waals surface area contributed by atoms with Gasteiger partial charge in [0.05, 0.1) is 4.88 Å². The Morgan fingerprint density at radius 1 is 1.19 bits per heavy atom. The Morgan fingerprint density at radius 2 is 2.00 bits per heavy atom. The van der Waals surface area contributed by atoms with Crippen molar-refractivity contribution in [3.8, 4) is 0 Å². The Morgan fingerprint density at radius 3 is 2.86 bits per heavy atom. The molecule has 1 N–H and O–H groups in total. The smallest absolute Gasteiger partial charge is 0.264 e. The lowest BCUT2D eigenvalue weighted by Crippen LogP contribution is -2.42. The molecule has 2 fully saturated rings. The Balaban J connectivity index is 0.00000132. The van der Waals surface area contributed by atoms with Gasteiger partial charge in [-0.3, -0.25) is 4.79 Å². The summed E-state index contributed by atoms with van der Waals surface area (Å²) in [6, 6.07) is 3.09. The highest BCUT2D eigenvalue weighted by atomic mass is 35.5. The van der Waals surface area contributed by atoms with Crippen LogP contribution in [0.5, 0.6) is 0 Å². The number of thiophene rings is 1.